The Hall–Kier alpha value is -3.71. The second-order valence-electron chi connectivity index (χ2n) is 9.20. The molecule has 0 spiro atoms. The summed E-state index contributed by atoms with van der Waals surface area (Å²) in [5.41, 5.74) is 2.26. The molecule has 1 aliphatic heterocycles. The molecule has 194 valence electrons. The number of aryl methyl sites for hydroxylation is 1. The van der Waals surface area contributed by atoms with Crippen LogP contribution in [0, 0.1) is 12.7 Å². The quantitative estimate of drug-likeness (QED) is 0.347. The van der Waals surface area contributed by atoms with E-state index in [2.05, 4.69) is 48.6 Å². The summed E-state index contributed by atoms with van der Waals surface area (Å²) in [7, 11) is -4.07. The molecule has 3 aromatic heterocycles. The highest BCUT2D eigenvalue weighted by Gasteiger charge is 2.25. The number of hydrogen-bond acceptors (Lipinski definition) is 9. The highest BCUT2D eigenvalue weighted by atomic mass is 32.2. The molecule has 1 aliphatic rings. The molecule has 2 N–H and O–H groups in total. The molecule has 11 nitrogen and oxygen atoms in total. The van der Waals surface area contributed by atoms with Crippen LogP contribution in [-0.4, -0.2) is 68.7 Å². The molecule has 0 unspecified atom stereocenters. The van der Waals surface area contributed by atoms with E-state index in [1.807, 2.05) is 6.92 Å². The summed E-state index contributed by atoms with van der Waals surface area (Å²) in [5, 5.41) is 7.44. The van der Waals surface area contributed by atoms with Gasteiger partial charge >= 0.3 is 0 Å². The molecule has 0 radical (unpaired) electrons. The van der Waals surface area contributed by atoms with Gasteiger partial charge in [0.1, 0.15) is 11.5 Å². The van der Waals surface area contributed by atoms with Crippen LogP contribution in [-0.2, 0) is 10.0 Å². The van der Waals surface area contributed by atoms with Crippen LogP contribution in [0.25, 0.3) is 22.4 Å². The maximum absolute atomic E-state index is 13.0. The number of rotatable bonds is 7. The number of aromatic nitrogens is 6. The molecule has 0 amide bonds. The minimum Gasteiger partial charge on any atom is -0.474 e. The third-order valence-electron chi connectivity index (χ3n) is 6.28. The number of halogens is 1. The van der Waals surface area contributed by atoms with Crippen LogP contribution in [0.4, 0.5) is 10.1 Å². The van der Waals surface area contributed by atoms with E-state index in [0.29, 0.717) is 29.0 Å². The average Bonchev–Trinajstić information content (AvgIpc) is 3.25. The van der Waals surface area contributed by atoms with Crippen molar-refractivity contribution in [3.05, 3.63) is 48.2 Å². The van der Waals surface area contributed by atoms with E-state index in [-0.39, 0.29) is 11.8 Å². The molecule has 0 saturated carbocycles. The smallest absolute Gasteiger partial charge is 0.297 e. The Labute approximate surface area is 213 Å². The number of aromatic amines is 1. The first kappa shape index (κ1) is 25.0. The average molecular weight is 527 g/mol. The fraction of sp³-hybridized carbons (Fsp3) is 0.375. The van der Waals surface area contributed by atoms with Crippen LogP contribution in [0.3, 0.4) is 0 Å². The van der Waals surface area contributed by atoms with Gasteiger partial charge in [-0.3, -0.25) is 9.82 Å². The third-order valence-corrected chi connectivity index (χ3v) is 7.48. The van der Waals surface area contributed by atoms with Crippen molar-refractivity contribution in [3.8, 4) is 17.3 Å². The number of H-pyrrole nitrogens is 1. The SMILES string of the molecule is Cc1n[nH]c2nc(-c3ccc(NS(=O)(=O)c4ncc(F)cn4)cc3)nc(OC3CCN(C(C)C)CC3)c12. The number of fused-ring (bicyclic) bond motifs is 1. The predicted octanol–water partition coefficient (Wildman–Crippen LogP) is 3.31. The largest absolute Gasteiger partial charge is 0.474 e. The molecule has 4 heterocycles. The zero-order valence-corrected chi connectivity index (χ0v) is 21.5. The summed E-state index contributed by atoms with van der Waals surface area (Å²) in [6, 6.07) is 7.04. The minimum atomic E-state index is -4.07. The lowest BCUT2D eigenvalue weighted by Crippen LogP contribution is -2.41. The standard InChI is InChI=1S/C24H27FN8O3S/c1-14(2)33-10-8-19(9-11-33)36-23-20-15(3)30-31-22(20)28-21(29-23)16-4-6-18(7-5-16)32-37(34,35)24-26-12-17(25)13-27-24/h4-7,12-14,19,32H,8-11H2,1-3H3,(H,28,29,30,31). The summed E-state index contributed by atoms with van der Waals surface area (Å²) in [6.45, 7) is 8.20. The Morgan fingerprint density at radius 2 is 1.78 bits per heavy atom. The number of ether oxygens (including phenoxy) is 1. The number of nitrogens with zero attached hydrogens (tertiary/aromatic N) is 6. The topological polar surface area (TPSA) is 139 Å². The number of anilines is 1. The van der Waals surface area contributed by atoms with Crippen LogP contribution < -0.4 is 9.46 Å². The zero-order valence-electron chi connectivity index (χ0n) is 20.6. The molecule has 13 heteroatoms. The van der Waals surface area contributed by atoms with E-state index < -0.39 is 21.0 Å². The molecule has 5 rings (SSSR count). The van der Waals surface area contributed by atoms with Crippen LogP contribution in [0.5, 0.6) is 5.88 Å². The summed E-state index contributed by atoms with van der Waals surface area (Å²) in [4.78, 5) is 18.8. The van der Waals surface area contributed by atoms with Crippen molar-refractivity contribution in [2.24, 2.45) is 0 Å². The van der Waals surface area contributed by atoms with E-state index in [1.165, 1.54) is 0 Å². The van der Waals surface area contributed by atoms with Gasteiger partial charge in [0.15, 0.2) is 17.3 Å². The Morgan fingerprint density at radius 3 is 2.43 bits per heavy atom. The van der Waals surface area contributed by atoms with Gasteiger partial charge in [-0.1, -0.05) is 0 Å². The van der Waals surface area contributed by atoms with Gasteiger partial charge in [-0.25, -0.2) is 19.3 Å². The number of sulfonamides is 1. The number of piperidine rings is 1. The van der Waals surface area contributed by atoms with Crippen LogP contribution >= 0.6 is 0 Å². The highest BCUT2D eigenvalue weighted by Crippen LogP contribution is 2.30. The van der Waals surface area contributed by atoms with Crippen LogP contribution in [0.2, 0.25) is 0 Å². The Morgan fingerprint density at radius 1 is 1.11 bits per heavy atom. The number of likely N-dealkylation sites (tertiary alicyclic amines) is 1. The lowest BCUT2D eigenvalue weighted by molar-refractivity contribution is 0.0824. The first-order valence-corrected chi connectivity index (χ1v) is 13.4. The lowest BCUT2D eigenvalue weighted by atomic mass is 10.1. The van der Waals surface area contributed by atoms with Crippen molar-refractivity contribution >= 4 is 26.7 Å². The molecule has 1 saturated heterocycles. The van der Waals surface area contributed by atoms with Gasteiger partial charge in [0.2, 0.25) is 5.88 Å². The van der Waals surface area contributed by atoms with E-state index in [1.54, 1.807) is 24.3 Å². The van der Waals surface area contributed by atoms with Crippen molar-refractivity contribution in [2.75, 3.05) is 17.8 Å². The number of benzene rings is 1. The molecule has 4 aromatic rings. The Bertz CT molecular complexity index is 1500. The lowest BCUT2D eigenvalue weighted by Gasteiger charge is -2.34. The molecule has 37 heavy (non-hydrogen) atoms. The van der Waals surface area contributed by atoms with Crippen molar-refractivity contribution in [3.63, 3.8) is 0 Å². The van der Waals surface area contributed by atoms with Gasteiger partial charge < -0.3 is 9.64 Å². The predicted molar refractivity (Wildman–Crippen MR) is 135 cm³/mol. The van der Waals surface area contributed by atoms with Crippen LogP contribution in [0.1, 0.15) is 32.4 Å². The summed E-state index contributed by atoms with van der Waals surface area (Å²) in [5.74, 6) is 0.173. The van der Waals surface area contributed by atoms with E-state index >= 15 is 0 Å². The summed E-state index contributed by atoms with van der Waals surface area (Å²) >= 11 is 0. The van der Waals surface area contributed by atoms with Crippen molar-refractivity contribution in [1.82, 2.24) is 35.0 Å². The molecule has 0 bridgehead atoms. The Balaban J connectivity index is 1.38. The fourth-order valence-electron chi connectivity index (χ4n) is 4.25. The monoisotopic (exact) mass is 526 g/mol. The molecular weight excluding hydrogens is 499 g/mol. The summed E-state index contributed by atoms with van der Waals surface area (Å²) < 4.78 is 46.8. The minimum absolute atomic E-state index is 0.0423. The fourth-order valence-corrected chi connectivity index (χ4v) is 5.17. The second kappa shape index (κ2) is 9.98. The van der Waals surface area contributed by atoms with Gasteiger partial charge in [0.05, 0.1) is 18.1 Å². The number of nitrogens with one attached hydrogen (secondary N) is 2. The third kappa shape index (κ3) is 5.37. The second-order valence-corrected chi connectivity index (χ2v) is 10.8. The van der Waals surface area contributed by atoms with Gasteiger partial charge in [-0.2, -0.15) is 18.5 Å². The Kier molecular flexibility index (Phi) is 6.73. The summed E-state index contributed by atoms with van der Waals surface area (Å²) in [6.07, 6.45) is 3.44. The van der Waals surface area contributed by atoms with E-state index in [4.69, 9.17) is 9.72 Å². The molecule has 0 aliphatic carbocycles. The zero-order chi connectivity index (χ0) is 26.2. The molecule has 1 fully saturated rings. The van der Waals surface area contributed by atoms with Gasteiger partial charge in [0, 0.05) is 30.4 Å². The number of hydrogen-bond donors (Lipinski definition) is 2. The van der Waals surface area contributed by atoms with Gasteiger partial charge in [-0.05, 0) is 57.9 Å². The van der Waals surface area contributed by atoms with E-state index in [9.17, 15) is 12.8 Å². The first-order chi connectivity index (χ1) is 17.7. The van der Waals surface area contributed by atoms with Crippen LogP contribution in [0.15, 0.2) is 41.8 Å². The van der Waals surface area contributed by atoms with Gasteiger partial charge in [0.25, 0.3) is 15.2 Å². The van der Waals surface area contributed by atoms with Gasteiger partial charge in [-0.15, -0.1) is 0 Å². The van der Waals surface area contributed by atoms with Crippen molar-refractivity contribution < 1.29 is 17.5 Å². The molecule has 0 atom stereocenters. The van der Waals surface area contributed by atoms with E-state index in [0.717, 1.165) is 49.4 Å². The molecule has 1 aromatic carbocycles. The van der Waals surface area contributed by atoms with Crippen molar-refractivity contribution in [2.45, 2.75) is 50.9 Å². The first-order valence-electron chi connectivity index (χ1n) is 11.9. The maximum atomic E-state index is 13.0. The normalized spacial score (nSPS) is 15.4. The van der Waals surface area contributed by atoms with Crippen molar-refractivity contribution in [1.29, 1.82) is 0 Å². The maximum Gasteiger partial charge on any atom is 0.297 e. The molecular formula is C24H27FN8O3S. The highest BCUT2D eigenvalue weighted by molar-refractivity contribution is 7.92.